The molecule has 7 nitrogen and oxygen atoms in total. The van der Waals surface area contributed by atoms with Gasteiger partial charge in [0.15, 0.2) is 11.5 Å². The van der Waals surface area contributed by atoms with Crippen LogP contribution in [0.25, 0.3) is 0 Å². The van der Waals surface area contributed by atoms with Gasteiger partial charge in [-0.05, 0) is 40.2 Å². The second-order valence-corrected chi connectivity index (χ2v) is 8.96. The first-order chi connectivity index (χ1) is 16.5. The van der Waals surface area contributed by atoms with Gasteiger partial charge >= 0.3 is 5.97 Å². The standard InChI is InChI=1S/C26H25O7P/c1-30-15-3-5-18(21(11-15)31-9-8-27)24-19-12-16(34)4-6-17(19)23(25(24)26(28)29)14-2-7-20-22(10-14)33-13-32-20/h2-7,10-12,23-25,27H,8-9,13,34H2,1H3,(H,28,29)/t23-,24+,25+/m0/s1. The molecule has 1 aliphatic carbocycles. The predicted molar refractivity (Wildman–Crippen MR) is 129 cm³/mol. The topological polar surface area (TPSA) is 94.5 Å². The third-order valence-corrected chi connectivity index (χ3v) is 6.80. The highest BCUT2D eigenvalue weighted by Crippen LogP contribution is 2.55. The first-order valence-corrected chi connectivity index (χ1v) is 11.5. The number of fused-ring (bicyclic) bond motifs is 2. The van der Waals surface area contributed by atoms with Gasteiger partial charge in [-0.25, -0.2) is 0 Å². The van der Waals surface area contributed by atoms with Crippen LogP contribution in [0, 0.1) is 5.92 Å². The molecule has 0 saturated heterocycles. The maximum absolute atomic E-state index is 12.8. The minimum absolute atomic E-state index is 0.0900. The van der Waals surface area contributed by atoms with Gasteiger partial charge in [0, 0.05) is 23.5 Å². The van der Waals surface area contributed by atoms with Crippen molar-refractivity contribution in [1.29, 1.82) is 0 Å². The number of methoxy groups -OCH3 is 1. The lowest BCUT2D eigenvalue weighted by Crippen LogP contribution is -2.24. The SMILES string of the molecule is COc1ccc([C@@H]2c3cc(P)ccc3[C@H](c3ccc4c(c3)OCO4)[C@H]2C(=O)O)c(OCCO)c1. The van der Waals surface area contributed by atoms with Gasteiger partial charge in [-0.1, -0.05) is 30.3 Å². The summed E-state index contributed by atoms with van der Waals surface area (Å²) in [6, 6.07) is 17.0. The molecule has 3 aromatic carbocycles. The van der Waals surface area contributed by atoms with Crippen molar-refractivity contribution in [1.82, 2.24) is 0 Å². The van der Waals surface area contributed by atoms with Crippen LogP contribution in [0.4, 0.5) is 0 Å². The summed E-state index contributed by atoms with van der Waals surface area (Å²) >= 11 is 0. The van der Waals surface area contributed by atoms with Gasteiger partial charge in [0.1, 0.15) is 18.1 Å². The fraction of sp³-hybridized carbons (Fsp3) is 0.269. The first-order valence-electron chi connectivity index (χ1n) is 10.9. The molecule has 0 saturated carbocycles. The molecular weight excluding hydrogens is 455 g/mol. The molecule has 8 heteroatoms. The Bertz CT molecular complexity index is 1240. The van der Waals surface area contributed by atoms with Gasteiger partial charge in [-0.2, -0.15) is 0 Å². The van der Waals surface area contributed by atoms with Crippen LogP contribution < -0.4 is 24.3 Å². The van der Waals surface area contributed by atoms with E-state index in [2.05, 4.69) is 9.24 Å². The van der Waals surface area contributed by atoms with E-state index in [1.807, 2.05) is 42.5 Å². The van der Waals surface area contributed by atoms with Crippen molar-refractivity contribution in [2.45, 2.75) is 11.8 Å². The van der Waals surface area contributed by atoms with Crippen LogP contribution >= 0.6 is 9.24 Å². The molecule has 0 radical (unpaired) electrons. The van der Waals surface area contributed by atoms with Crippen molar-refractivity contribution in [2.75, 3.05) is 27.1 Å². The van der Waals surface area contributed by atoms with E-state index in [4.69, 9.17) is 18.9 Å². The predicted octanol–water partition coefficient (Wildman–Crippen LogP) is 3.27. The molecule has 0 fully saturated rings. The Hall–Kier alpha value is -3.28. The first kappa shape index (κ1) is 22.5. The van der Waals surface area contributed by atoms with Gasteiger partial charge in [0.25, 0.3) is 0 Å². The Labute approximate surface area is 199 Å². The van der Waals surface area contributed by atoms with Crippen molar-refractivity contribution >= 4 is 20.5 Å². The van der Waals surface area contributed by atoms with Gasteiger partial charge < -0.3 is 29.2 Å². The van der Waals surface area contributed by atoms with Gasteiger partial charge in [0.05, 0.1) is 19.6 Å². The number of rotatable bonds is 7. The van der Waals surface area contributed by atoms with Crippen molar-refractivity contribution in [3.8, 4) is 23.0 Å². The summed E-state index contributed by atoms with van der Waals surface area (Å²) in [6.07, 6.45) is 0. The second-order valence-electron chi connectivity index (χ2n) is 8.30. The molecule has 0 spiro atoms. The minimum Gasteiger partial charge on any atom is -0.497 e. The molecule has 1 heterocycles. The molecule has 4 atom stereocenters. The normalized spacial score (nSPS) is 20.1. The number of carboxylic acid groups (broad SMARTS) is 1. The number of aliphatic hydroxyl groups excluding tert-OH is 1. The lowest BCUT2D eigenvalue weighted by atomic mass is 9.79. The number of aliphatic hydroxyl groups is 1. The van der Waals surface area contributed by atoms with E-state index in [9.17, 15) is 15.0 Å². The van der Waals surface area contributed by atoms with Gasteiger partial charge in [-0.15, -0.1) is 9.24 Å². The monoisotopic (exact) mass is 480 g/mol. The average Bonchev–Trinajstić information content (AvgIpc) is 3.44. The fourth-order valence-corrected chi connectivity index (χ4v) is 5.32. The number of ether oxygens (including phenoxy) is 4. The summed E-state index contributed by atoms with van der Waals surface area (Å²) in [4.78, 5) is 12.8. The fourth-order valence-electron chi connectivity index (χ4n) is 5.04. The molecule has 3 aromatic rings. The quantitative estimate of drug-likeness (QED) is 0.502. The highest BCUT2D eigenvalue weighted by atomic mass is 31.0. The van der Waals surface area contributed by atoms with Crippen LogP contribution in [0.3, 0.4) is 0 Å². The van der Waals surface area contributed by atoms with Crippen molar-refractivity contribution in [3.05, 3.63) is 76.9 Å². The zero-order chi connectivity index (χ0) is 23.8. The molecule has 0 bridgehead atoms. The average molecular weight is 480 g/mol. The van der Waals surface area contributed by atoms with Crippen LogP contribution in [-0.2, 0) is 4.79 Å². The number of hydrogen-bond donors (Lipinski definition) is 2. The summed E-state index contributed by atoms with van der Waals surface area (Å²) in [5.74, 6) is -0.199. The number of aliphatic carboxylic acids is 1. The van der Waals surface area contributed by atoms with Crippen molar-refractivity contribution < 1.29 is 34.0 Å². The molecule has 1 aliphatic heterocycles. The second kappa shape index (κ2) is 9.16. The molecular formula is C26H25O7P. The summed E-state index contributed by atoms with van der Waals surface area (Å²) in [7, 11) is 4.25. The Morgan fingerprint density at radius 3 is 2.56 bits per heavy atom. The number of benzene rings is 3. The number of hydrogen-bond acceptors (Lipinski definition) is 6. The molecule has 5 rings (SSSR count). The number of carboxylic acids is 1. The maximum atomic E-state index is 12.8. The van der Waals surface area contributed by atoms with E-state index < -0.39 is 23.7 Å². The molecule has 2 N–H and O–H groups in total. The van der Waals surface area contributed by atoms with Crippen LogP contribution in [0.5, 0.6) is 23.0 Å². The zero-order valence-corrected chi connectivity index (χ0v) is 19.7. The van der Waals surface area contributed by atoms with E-state index in [1.165, 1.54) is 0 Å². The molecule has 0 amide bonds. The largest absolute Gasteiger partial charge is 0.497 e. The molecule has 2 aliphatic rings. The van der Waals surface area contributed by atoms with E-state index in [0.29, 0.717) is 23.0 Å². The van der Waals surface area contributed by atoms with Crippen LogP contribution in [0.1, 0.15) is 34.1 Å². The zero-order valence-electron chi connectivity index (χ0n) is 18.6. The summed E-state index contributed by atoms with van der Waals surface area (Å²) < 4.78 is 22.2. The summed E-state index contributed by atoms with van der Waals surface area (Å²) in [5.41, 5.74) is 3.47. The highest BCUT2D eigenvalue weighted by molar-refractivity contribution is 7.27. The van der Waals surface area contributed by atoms with E-state index in [0.717, 1.165) is 27.6 Å². The number of carbonyl (C=O) groups is 1. The van der Waals surface area contributed by atoms with Crippen molar-refractivity contribution in [2.24, 2.45) is 5.92 Å². The Balaban J connectivity index is 1.69. The van der Waals surface area contributed by atoms with Gasteiger partial charge in [-0.3, -0.25) is 4.79 Å². The molecule has 176 valence electrons. The Kier molecular flexibility index (Phi) is 6.07. The Morgan fingerprint density at radius 2 is 1.79 bits per heavy atom. The van der Waals surface area contributed by atoms with Crippen LogP contribution in [0.2, 0.25) is 0 Å². The molecule has 34 heavy (non-hydrogen) atoms. The van der Waals surface area contributed by atoms with E-state index >= 15 is 0 Å². The van der Waals surface area contributed by atoms with E-state index in [1.54, 1.807) is 19.2 Å². The lowest BCUT2D eigenvalue weighted by Gasteiger charge is -2.25. The molecule has 1 unspecified atom stereocenters. The van der Waals surface area contributed by atoms with Crippen LogP contribution in [-0.4, -0.2) is 43.3 Å². The van der Waals surface area contributed by atoms with E-state index in [-0.39, 0.29) is 20.0 Å². The van der Waals surface area contributed by atoms with Crippen LogP contribution in [0.15, 0.2) is 54.6 Å². The van der Waals surface area contributed by atoms with Gasteiger partial charge in [0.2, 0.25) is 6.79 Å². The minimum atomic E-state index is -0.905. The third-order valence-electron chi connectivity index (χ3n) is 6.44. The Morgan fingerprint density at radius 1 is 1.00 bits per heavy atom. The summed E-state index contributed by atoms with van der Waals surface area (Å²) in [6.45, 7) is 0.0847. The maximum Gasteiger partial charge on any atom is 0.308 e. The summed E-state index contributed by atoms with van der Waals surface area (Å²) in [5, 5.41) is 20.8. The highest BCUT2D eigenvalue weighted by Gasteiger charge is 2.47. The lowest BCUT2D eigenvalue weighted by molar-refractivity contribution is -0.142. The third kappa shape index (κ3) is 3.85. The smallest absolute Gasteiger partial charge is 0.308 e. The molecule has 0 aromatic heterocycles. The van der Waals surface area contributed by atoms with Crippen molar-refractivity contribution in [3.63, 3.8) is 0 Å².